The second kappa shape index (κ2) is 11.7. The summed E-state index contributed by atoms with van der Waals surface area (Å²) in [4.78, 5) is 30.5. The Balaban J connectivity index is 1.98. The van der Waals surface area contributed by atoms with E-state index >= 15 is 0 Å². The van der Waals surface area contributed by atoms with Crippen molar-refractivity contribution in [2.75, 3.05) is 19.8 Å². The lowest BCUT2D eigenvalue weighted by atomic mass is 10.2. The van der Waals surface area contributed by atoms with Gasteiger partial charge in [0.05, 0.1) is 13.2 Å². The average Bonchev–Trinajstić information content (AvgIpc) is 3.15. The van der Waals surface area contributed by atoms with Gasteiger partial charge in [-0.2, -0.15) is 0 Å². The summed E-state index contributed by atoms with van der Waals surface area (Å²) >= 11 is 7.20. The standard InChI is InChI=1S/C20H25ClN2O4S/c1-3-5-6-11-23(12-18-22-17(14-28-18)20(25)26-4-2)19(24)13-27-16-9-7-15(21)8-10-16/h7-10,14H,3-6,11-13H2,1-2H3. The number of halogens is 1. The minimum Gasteiger partial charge on any atom is -0.484 e. The van der Waals surface area contributed by atoms with Crippen molar-refractivity contribution in [2.24, 2.45) is 0 Å². The van der Waals surface area contributed by atoms with Gasteiger partial charge < -0.3 is 14.4 Å². The van der Waals surface area contributed by atoms with E-state index in [1.165, 1.54) is 11.3 Å². The summed E-state index contributed by atoms with van der Waals surface area (Å²) < 4.78 is 10.5. The first-order chi connectivity index (χ1) is 13.5. The second-order valence-electron chi connectivity index (χ2n) is 6.11. The number of amides is 1. The third kappa shape index (κ3) is 7.13. The number of thiazole rings is 1. The number of hydrogen-bond acceptors (Lipinski definition) is 6. The van der Waals surface area contributed by atoms with Crippen molar-refractivity contribution >= 4 is 34.8 Å². The van der Waals surface area contributed by atoms with Crippen LogP contribution in [0.4, 0.5) is 0 Å². The van der Waals surface area contributed by atoms with Gasteiger partial charge in [-0.3, -0.25) is 4.79 Å². The first-order valence-corrected chi connectivity index (χ1v) is 10.6. The van der Waals surface area contributed by atoms with Crippen LogP contribution in [0.2, 0.25) is 5.02 Å². The maximum absolute atomic E-state index is 12.7. The van der Waals surface area contributed by atoms with E-state index < -0.39 is 5.97 Å². The molecule has 0 aliphatic rings. The summed E-state index contributed by atoms with van der Waals surface area (Å²) in [7, 11) is 0. The third-order valence-electron chi connectivity index (χ3n) is 3.92. The van der Waals surface area contributed by atoms with Crippen LogP contribution in [0, 0.1) is 0 Å². The van der Waals surface area contributed by atoms with Gasteiger partial charge in [-0.25, -0.2) is 9.78 Å². The summed E-state index contributed by atoms with van der Waals surface area (Å²) in [6, 6.07) is 6.88. The van der Waals surface area contributed by atoms with Crippen LogP contribution in [0.3, 0.4) is 0 Å². The van der Waals surface area contributed by atoms with E-state index in [1.54, 1.807) is 41.5 Å². The molecule has 0 radical (unpaired) electrons. The summed E-state index contributed by atoms with van der Waals surface area (Å²) in [5.41, 5.74) is 0.278. The Morgan fingerprint density at radius 3 is 2.61 bits per heavy atom. The number of nitrogens with zero attached hydrogens (tertiary/aromatic N) is 2. The van der Waals surface area contributed by atoms with Crippen molar-refractivity contribution in [1.29, 1.82) is 0 Å². The van der Waals surface area contributed by atoms with E-state index in [0.717, 1.165) is 19.3 Å². The Morgan fingerprint density at radius 1 is 1.18 bits per heavy atom. The highest BCUT2D eigenvalue weighted by Gasteiger charge is 2.18. The molecule has 28 heavy (non-hydrogen) atoms. The zero-order valence-electron chi connectivity index (χ0n) is 16.2. The summed E-state index contributed by atoms with van der Waals surface area (Å²) in [5.74, 6) is 0.0176. The van der Waals surface area contributed by atoms with Crippen LogP contribution < -0.4 is 4.74 Å². The lowest BCUT2D eigenvalue weighted by molar-refractivity contribution is -0.134. The quantitative estimate of drug-likeness (QED) is 0.390. The van der Waals surface area contributed by atoms with Gasteiger partial charge in [0.1, 0.15) is 10.8 Å². The van der Waals surface area contributed by atoms with E-state index in [4.69, 9.17) is 21.1 Å². The van der Waals surface area contributed by atoms with Crippen LogP contribution in [0.5, 0.6) is 5.75 Å². The zero-order valence-corrected chi connectivity index (χ0v) is 17.7. The molecule has 6 nitrogen and oxygen atoms in total. The van der Waals surface area contributed by atoms with Gasteiger partial charge in [-0.05, 0) is 37.6 Å². The van der Waals surface area contributed by atoms with Crippen LogP contribution in [0.15, 0.2) is 29.6 Å². The van der Waals surface area contributed by atoms with Gasteiger partial charge >= 0.3 is 5.97 Å². The smallest absolute Gasteiger partial charge is 0.357 e. The Morgan fingerprint density at radius 2 is 1.93 bits per heavy atom. The molecule has 1 amide bonds. The van der Waals surface area contributed by atoms with E-state index in [-0.39, 0.29) is 18.2 Å². The molecule has 0 atom stereocenters. The summed E-state index contributed by atoms with van der Waals surface area (Å²) in [5, 5.41) is 2.96. The minimum absolute atomic E-state index is 0.0656. The Hall–Kier alpha value is -2.12. The number of benzene rings is 1. The summed E-state index contributed by atoms with van der Waals surface area (Å²) in [6.45, 7) is 5.06. The number of esters is 1. The van der Waals surface area contributed by atoms with Crippen molar-refractivity contribution in [3.05, 3.63) is 45.4 Å². The number of hydrogen-bond donors (Lipinski definition) is 0. The van der Waals surface area contributed by atoms with Crippen LogP contribution in [0.25, 0.3) is 0 Å². The molecule has 0 spiro atoms. The average molecular weight is 425 g/mol. The van der Waals surface area contributed by atoms with Crippen molar-refractivity contribution in [2.45, 2.75) is 39.7 Å². The van der Waals surface area contributed by atoms with E-state index in [9.17, 15) is 9.59 Å². The molecule has 2 aromatic rings. The predicted octanol–water partition coefficient (Wildman–Crippen LogP) is 4.57. The Labute approximate surface area is 174 Å². The van der Waals surface area contributed by atoms with Crippen LogP contribution >= 0.6 is 22.9 Å². The molecule has 0 saturated heterocycles. The zero-order chi connectivity index (χ0) is 20.4. The van der Waals surface area contributed by atoms with Crippen LogP contribution in [0.1, 0.15) is 48.6 Å². The van der Waals surface area contributed by atoms with Crippen LogP contribution in [-0.2, 0) is 16.1 Å². The fourth-order valence-corrected chi connectivity index (χ4v) is 3.36. The number of carbonyl (C=O) groups excluding carboxylic acids is 2. The van der Waals surface area contributed by atoms with Gasteiger partial charge in [0.15, 0.2) is 12.3 Å². The number of ether oxygens (including phenoxy) is 2. The molecule has 0 fully saturated rings. The predicted molar refractivity (Wildman–Crippen MR) is 110 cm³/mol. The van der Waals surface area contributed by atoms with Gasteiger partial charge in [0.25, 0.3) is 5.91 Å². The molecule has 1 heterocycles. The third-order valence-corrected chi connectivity index (χ3v) is 5.01. The van der Waals surface area contributed by atoms with Gasteiger partial charge in [0, 0.05) is 16.9 Å². The van der Waals surface area contributed by atoms with Gasteiger partial charge in [0.2, 0.25) is 0 Å². The van der Waals surface area contributed by atoms with Gasteiger partial charge in [-0.15, -0.1) is 11.3 Å². The van der Waals surface area contributed by atoms with E-state index in [2.05, 4.69) is 11.9 Å². The van der Waals surface area contributed by atoms with Crippen molar-refractivity contribution in [3.63, 3.8) is 0 Å². The van der Waals surface area contributed by atoms with Crippen LogP contribution in [-0.4, -0.2) is 41.5 Å². The fraction of sp³-hybridized carbons (Fsp3) is 0.450. The van der Waals surface area contributed by atoms with E-state index in [0.29, 0.717) is 35.5 Å². The molecule has 2 rings (SSSR count). The normalized spacial score (nSPS) is 10.5. The number of rotatable bonds is 11. The maximum atomic E-state index is 12.7. The largest absolute Gasteiger partial charge is 0.484 e. The molecule has 0 bridgehead atoms. The van der Waals surface area contributed by atoms with Crippen molar-refractivity contribution < 1.29 is 19.1 Å². The number of unbranched alkanes of at least 4 members (excludes halogenated alkanes) is 2. The molecule has 1 aromatic carbocycles. The molecule has 0 unspecified atom stereocenters. The lowest BCUT2D eigenvalue weighted by Crippen LogP contribution is -2.35. The molecular weight excluding hydrogens is 400 g/mol. The second-order valence-corrected chi connectivity index (χ2v) is 7.49. The monoisotopic (exact) mass is 424 g/mol. The van der Waals surface area contributed by atoms with Crippen molar-refractivity contribution in [3.8, 4) is 5.75 Å². The number of carbonyl (C=O) groups is 2. The molecule has 8 heteroatoms. The highest BCUT2D eigenvalue weighted by atomic mass is 35.5. The van der Waals surface area contributed by atoms with E-state index in [1.807, 2.05) is 0 Å². The molecule has 0 saturated carbocycles. The first-order valence-electron chi connectivity index (χ1n) is 9.31. The summed E-state index contributed by atoms with van der Waals surface area (Å²) in [6.07, 6.45) is 3.00. The SMILES string of the molecule is CCCCCN(Cc1nc(C(=O)OCC)cs1)C(=O)COc1ccc(Cl)cc1. The highest BCUT2D eigenvalue weighted by Crippen LogP contribution is 2.17. The Bertz CT molecular complexity index is 764. The molecule has 0 aliphatic carbocycles. The lowest BCUT2D eigenvalue weighted by Gasteiger charge is -2.21. The Kier molecular flexibility index (Phi) is 9.23. The number of aromatic nitrogens is 1. The van der Waals surface area contributed by atoms with Crippen molar-refractivity contribution in [1.82, 2.24) is 9.88 Å². The topological polar surface area (TPSA) is 68.7 Å². The highest BCUT2D eigenvalue weighted by molar-refractivity contribution is 7.09. The molecule has 0 aliphatic heterocycles. The molecule has 1 aromatic heterocycles. The minimum atomic E-state index is -0.445. The maximum Gasteiger partial charge on any atom is 0.357 e. The molecule has 152 valence electrons. The molecule has 0 N–H and O–H groups in total. The molecular formula is C20H25ClN2O4S. The first kappa shape index (κ1) is 22.2. The fourth-order valence-electron chi connectivity index (χ4n) is 2.46. The van der Waals surface area contributed by atoms with Gasteiger partial charge in [-0.1, -0.05) is 31.4 Å².